The molecule has 14 heavy (non-hydrogen) atoms. The van der Waals surface area contributed by atoms with Crippen molar-refractivity contribution in [1.29, 1.82) is 0 Å². The highest BCUT2D eigenvalue weighted by Crippen LogP contribution is 2.16. The summed E-state index contributed by atoms with van der Waals surface area (Å²) in [6.45, 7) is 0. The summed E-state index contributed by atoms with van der Waals surface area (Å²) in [6, 6.07) is 1.24. The van der Waals surface area contributed by atoms with E-state index in [2.05, 4.69) is 15.0 Å². The van der Waals surface area contributed by atoms with Gasteiger partial charge in [0.1, 0.15) is 4.90 Å². The minimum absolute atomic E-state index is 0.151. The highest BCUT2D eigenvalue weighted by atomic mass is 35.7. The summed E-state index contributed by atoms with van der Waals surface area (Å²) < 4.78 is 21.8. The molecule has 0 radical (unpaired) electrons. The summed E-state index contributed by atoms with van der Waals surface area (Å²) in [7, 11) is 1.28. The van der Waals surface area contributed by atoms with Crippen LogP contribution in [0.4, 0.5) is 0 Å². The van der Waals surface area contributed by atoms with E-state index in [-0.39, 0.29) is 4.90 Å². The normalized spacial score (nSPS) is 12.1. The van der Waals surface area contributed by atoms with Gasteiger partial charge in [0.2, 0.25) is 0 Å². The minimum atomic E-state index is -3.81. The largest absolute Gasteiger partial charge is 0.325 e. The Morgan fingerprint density at radius 1 is 1.36 bits per heavy atom. The molecule has 2 N–H and O–H groups in total. The SMILES string of the molecule is O=c1[nH]c2cc(S(=O)(=O)Cl)cnc2[nH]1. The number of pyridine rings is 1. The van der Waals surface area contributed by atoms with E-state index in [1.54, 1.807) is 0 Å². The van der Waals surface area contributed by atoms with Gasteiger partial charge in [-0.25, -0.2) is 18.2 Å². The molecule has 0 amide bonds. The second-order valence-electron chi connectivity index (χ2n) is 2.58. The number of hydrogen-bond acceptors (Lipinski definition) is 4. The fraction of sp³-hybridized carbons (Fsp3) is 0. The van der Waals surface area contributed by atoms with E-state index in [0.717, 1.165) is 6.20 Å². The summed E-state index contributed by atoms with van der Waals surface area (Å²) in [6.07, 6.45) is 1.08. The Kier molecular flexibility index (Phi) is 1.86. The first-order valence-electron chi connectivity index (χ1n) is 3.49. The monoisotopic (exact) mass is 233 g/mol. The number of H-pyrrole nitrogens is 2. The Balaban J connectivity index is 2.80. The fourth-order valence-corrected chi connectivity index (χ4v) is 1.73. The Labute approximate surface area is 82.4 Å². The van der Waals surface area contributed by atoms with Gasteiger partial charge in [0, 0.05) is 16.9 Å². The van der Waals surface area contributed by atoms with E-state index in [0.29, 0.717) is 11.2 Å². The molecular weight excluding hydrogens is 230 g/mol. The van der Waals surface area contributed by atoms with Gasteiger partial charge in [-0.15, -0.1) is 0 Å². The van der Waals surface area contributed by atoms with Crippen molar-refractivity contribution in [2.24, 2.45) is 0 Å². The van der Waals surface area contributed by atoms with Crippen LogP contribution < -0.4 is 5.69 Å². The number of nitrogens with one attached hydrogen (secondary N) is 2. The average molecular weight is 234 g/mol. The van der Waals surface area contributed by atoms with Gasteiger partial charge in [0.05, 0.1) is 5.52 Å². The molecule has 0 saturated heterocycles. The number of fused-ring (bicyclic) bond motifs is 1. The lowest BCUT2D eigenvalue weighted by Crippen LogP contribution is -1.99. The highest BCUT2D eigenvalue weighted by molar-refractivity contribution is 8.13. The number of aromatic amines is 2. The highest BCUT2D eigenvalue weighted by Gasteiger charge is 2.11. The third-order valence-electron chi connectivity index (χ3n) is 1.62. The molecule has 0 aliphatic heterocycles. The van der Waals surface area contributed by atoms with Crippen molar-refractivity contribution in [2.45, 2.75) is 4.90 Å². The van der Waals surface area contributed by atoms with Gasteiger partial charge in [-0.05, 0) is 6.07 Å². The predicted octanol–water partition coefficient (Wildman–Crippen LogP) is 0.179. The Bertz CT molecular complexity index is 642. The molecule has 0 aliphatic carbocycles. The predicted molar refractivity (Wildman–Crippen MR) is 49.8 cm³/mol. The van der Waals surface area contributed by atoms with E-state index in [1.165, 1.54) is 6.07 Å². The lowest BCUT2D eigenvalue weighted by molar-refractivity contribution is 0.609. The molecule has 0 aliphatic rings. The molecule has 6 nitrogen and oxygen atoms in total. The quantitative estimate of drug-likeness (QED) is 0.687. The molecule has 8 heteroatoms. The van der Waals surface area contributed by atoms with Crippen molar-refractivity contribution in [3.8, 4) is 0 Å². The number of aromatic nitrogens is 3. The van der Waals surface area contributed by atoms with Gasteiger partial charge in [0.25, 0.3) is 9.05 Å². The van der Waals surface area contributed by atoms with Crippen LogP contribution in [0.2, 0.25) is 0 Å². The van der Waals surface area contributed by atoms with Crippen LogP contribution in [0, 0.1) is 0 Å². The van der Waals surface area contributed by atoms with Crippen LogP contribution in [0.25, 0.3) is 11.2 Å². The third kappa shape index (κ3) is 1.51. The number of halogens is 1. The minimum Gasteiger partial charge on any atom is -0.304 e. The lowest BCUT2D eigenvalue weighted by atomic mass is 10.4. The molecule has 0 aromatic carbocycles. The van der Waals surface area contributed by atoms with E-state index in [4.69, 9.17) is 10.7 Å². The summed E-state index contributed by atoms with van der Waals surface area (Å²) in [5.41, 5.74) is 0.146. The molecule has 2 aromatic heterocycles. The number of rotatable bonds is 1. The molecule has 0 fully saturated rings. The van der Waals surface area contributed by atoms with Gasteiger partial charge in [0.15, 0.2) is 5.65 Å². The second-order valence-corrected chi connectivity index (χ2v) is 5.15. The maximum absolute atomic E-state index is 10.9. The summed E-state index contributed by atoms with van der Waals surface area (Å²) >= 11 is 0. The first kappa shape index (κ1) is 9.22. The van der Waals surface area contributed by atoms with E-state index in [1.807, 2.05) is 0 Å². The van der Waals surface area contributed by atoms with Crippen LogP contribution >= 0.6 is 10.7 Å². The summed E-state index contributed by atoms with van der Waals surface area (Å²) in [5.74, 6) is 0. The van der Waals surface area contributed by atoms with Crippen LogP contribution in [-0.4, -0.2) is 23.4 Å². The zero-order chi connectivity index (χ0) is 10.3. The first-order chi connectivity index (χ1) is 6.47. The second kappa shape index (κ2) is 2.82. The van der Waals surface area contributed by atoms with Crippen molar-refractivity contribution in [3.63, 3.8) is 0 Å². The van der Waals surface area contributed by atoms with Crippen molar-refractivity contribution in [1.82, 2.24) is 15.0 Å². The molecule has 74 valence electrons. The van der Waals surface area contributed by atoms with Gasteiger partial charge in [-0.1, -0.05) is 0 Å². The smallest absolute Gasteiger partial charge is 0.304 e. The first-order valence-corrected chi connectivity index (χ1v) is 5.80. The Morgan fingerprint density at radius 3 is 2.71 bits per heavy atom. The maximum Gasteiger partial charge on any atom is 0.325 e. The van der Waals surface area contributed by atoms with Crippen molar-refractivity contribution >= 4 is 30.9 Å². The van der Waals surface area contributed by atoms with Crippen molar-refractivity contribution in [2.75, 3.05) is 0 Å². The number of hydrogen-bond donors (Lipinski definition) is 2. The van der Waals surface area contributed by atoms with Crippen molar-refractivity contribution in [3.05, 3.63) is 22.7 Å². The zero-order valence-electron chi connectivity index (χ0n) is 6.61. The average Bonchev–Trinajstić information content (AvgIpc) is 2.41. The molecule has 0 saturated carbocycles. The van der Waals surface area contributed by atoms with Gasteiger partial charge in [-0.2, -0.15) is 0 Å². The Hall–Kier alpha value is -1.34. The standard InChI is InChI=1S/C6H4ClN3O3S/c7-14(12,13)3-1-4-5(8-2-3)10-6(11)9-4/h1-2H,(H2,8,9,10,11). The fourth-order valence-electron chi connectivity index (χ4n) is 1.03. The molecule has 2 rings (SSSR count). The molecule has 0 unspecified atom stereocenters. The summed E-state index contributed by atoms with van der Waals surface area (Å²) in [4.78, 5) is 19.1. The van der Waals surface area contributed by atoms with Crippen molar-refractivity contribution < 1.29 is 8.42 Å². The molecule has 2 aromatic rings. The number of nitrogens with zero attached hydrogens (tertiary/aromatic N) is 1. The van der Waals surface area contributed by atoms with E-state index < -0.39 is 14.7 Å². The van der Waals surface area contributed by atoms with Crippen LogP contribution in [-0.2, 0) is 9.05 Å². The molecule has 0 bridgehead atoms. The van der Waals surface area contributed by atoms with Crippen LogP contribution in [0.3, 0.4) is 0 Å². The van der Waals surface area contributed by atoms with Crippen LogP contribution in [0.1, 0.15) is 0 Å². The van der Waals surface area contributed by atoms with Gasteiger partial charge < -0.3 is 4.98 Å². The van der Waals surface area contributed by atoms with E-state index >= 15 is 0 Å². The molecule has 0 atom stereocenters. The molecule has 0 spiro atoms. The van der Waals surface area contributed by atoms with Gasteiger partial charge in [-0.3, -0.25) is 4.98 Å². The zero-order valence-corrected chi connectivity index (χ0v) is 8.19. The lowest BCUT2D eigenvalue weighted by Gasteiger charge is -1.93. The third-order valence-corrected chi connectivity index (χ3v) is 2.95. The molecular formula is C6H4ClN3O3S. The van der Waals surface area contributed by atoms with Gasteiger partial charge >= 0.3 is 5.69 Å². The molecule has 2 heterocycles. The summed E-state index contributed by atoms with van der Waals surface area (Å²) in [5, 5.41) is 0. The van der Waals surface area contributed by atoms with Crippen LogP contribution in [0.15, 0.2) is 22.0 Å². The number of imidazole rings is 1. The van der Waals surface area contributed by atoms with Crippen LogP contribution in [0.5, 0.6) is 0 Å². The topological polar surface area (TPSA) is 95.7 Å². The maximum atomic E-state index is 10.9. The van der Waals surface area contributed by atoms with E-state index in [9.17, 15) is 13.2 Å². The Morgan fingerprint density at radius 2 is 2.07 bits per heavy atom.